The average molecular weight is 266 g/mol. The molecule has 0 aromatic heterocycles. The van der Waals surface area contributed by atoms with Gasteiger partial charge in [0.15, 0.2) is 0 Å². The van der Waals surface area contributed by atoms with Crippen LogP contribution in [0.25, 0.3) is 0 Å². The van der Waals surface area contributed by atoms with Crippen molar-refractivity contribution in [2.45, 2.75) is 26.7 Å². The van der Waals surface area contributed by atoms with Crippen LogP contribution in [0, 0.1) is 23.0 Å². The first-order chi connectivity index (χ1) is 8.91. The van der Waals surface area contributed by atoms with Gasteiger partial charge in [-0.3, -0.25) is 14.9 Å². The Bertz CT molecular complexity index is 474. The zero-order valence-electron chi connectivity index (χ0n) is 11.0. The van der Waals surface area contributed by atoms with Gasteiger partial charge in [0.1, 0.15) is 0 Å². The van der Waals surface area contributed by atoms with Crippen molar-refractivity contribution in [3.8, 4) is 0 Å². The highest BCUT2D eigenvalue weighted by Gasteiger charge is 2.13. The van der Waals surface area contributed by atoms with Gasteiger partial charge in [0.25, 0.3) is 5.69 Å². The molecule has 0 bridgehead atoms. The van der Waals surface area contributed by atoms with E-state index in [1.807, 2.05) is 6.92 Å². The van der Waals surface area contributed by atoms with Gasteiger partial charge in [-0.1, -0.05) is 13.0 Å². The van der Waals surface area contributed by atoms with E-state index in [0.717, 1.165) is 5.69 Å². The van der Waals surface area contributed by atoms with Gasteiger partial charge in [0.05, 0.1) is 4.92 Å². The Labute approximate surface area is 111 Å². The lowest BCUT2D eigenvalue weighted by Gasteiger charge is -2.14. The molecule has 0 radical (unpaired) electrons. The van der Waals surface area contributed by atoms with Gasteiger partial charge >= 0.3 is 5.97 Å². The molecule has 0 aliphatic carbocycles. The molecule has 19 heavy (non-hydrogen) atoms. The molecule has 1 aromatic carbocycles. The van der Waals surface area contributed by atoms with Crippen LogP contribution in [-0.4, -0.2) is 22.5 Å². The highest BCUT2D eigenvalue weighted by Crippen LogP contribution is 2.25. The van der Waals surface area contributed by atoms with E-state index < -0.39 is 10.9 Å². The number of nitro groups is 1. The van der Waals surface area contributed by atoms with E-state index >= 15 is 0 Å². The fraction of sp³-hybridized carbons (Fsp3) is 0.462. The lowest BCUT2D eigenvalue weighted by atomic mass is 10.1. The molecule has 6 nitrogen and oxygen atoms in total. The third kappa shape index (κ3) is 4.57. The number of carboxylic acids is 1. The van der Waals surface area contributed by atoms with Crippen LogP contribution in [0.2, 0.25) is 0 Å². The second kappa shape index (κ2) is 6.72. The van der Waals surface area contributed by atoms with Crippen molar-refractivity contribution in [1.29, 1.82) is 0 Å². The first kappa shape index (κ1) is 14.9. The Morgan fingerprint density at radius 3 is 2.79 bits per heavy atom. The first-order valence-corrected chi connectivity index (χ1v) is 6.11. The number of carbonyl (C=O) groups is 1. The molecule has 0 aliphatic heterocycles. The Kier molecular flexibility index (Phi) is 5.29. The normalized spacial score (nSPS) is 11.9. The number of aliphatic carboxylic acids is 1. The molecule has 0 amide bonds. The maximum absolute atomic E-state index is 10.8. The van der Waals surface area contributed by atoms with Crippen molar-refractivity contribution in [2.24, 2.45) is 5.92 Å². The largest absolute Gasteiger partial charge is 0.481 e. The Balaban J connectivity index is 2.60. The van der Waals surface area contributed by atoms with Gasteiger partial charge < -0.3 is 10.4 Å². The van der Waals surface area contributed by atoms with Gasteiger partial charge in [0, 0.05) is 30.3 Å². The van der Waals surface area contributed by atoms with E-state index in [1.54, 1.807) is 19.1 Å². The van der Waals surface area contributed by atoms with Crippen LogP contribution in [0.1, 0.15) is 25.3 Å². The first-order valence-electron chi connectivity index (χ1n) is 6.11. The molecule has 1 rings (SSSR count). The lowest BCUT2D eigenvalue weighted by Crippen LogP contribution is -2.13. The van der Waals surface area contributed by atoms with Crippen LogP contribution in [0.15, 0.2) is 18.2 Å². The van der Waals surface area contributed by atoms with Crippen LogP contribution in [0.4, 0.5) is 11.4 Å². The molecule has 0 heterocycles. The summed E-state index contributed by atoms with van der Waals surface area (Å²) in [5, 5.41) is 22.5. The number of nitro benzene ring substituents is 1. The molecule has 0 spiro atoms. The summed E-state index contributed by atoms with van der Waals surface area (Å²) in [5.41, 5.74) is 1.40. The van der Waals surface area contributed by atoms with Crippen molar-refractivity contribution >= 4 is 17.3 Å². The molecular formula is C13H18N2O4. The summed E-state index contributed by atoms with van der Waals surface area (Å²) in [6.45, 7) is 4.24. The fourth-order valence-electron chi connectivity index (χ4n) is 1.77. The van der Waals surface area contributed by atoms with E-state index in [4.69, 9.17) is 5.11 Å². The van der Waals surface area contributed by atoms with E-state index in [2.05, 4.69) is 5.32 Å². The molecule has 2 N–H and O–H groups in total. The fourth-order valence-corrected chi connectivity index (χ4v) is 1.77. The average Bonchev–Trinajstić information content (AvgIpc) is 2.34. The van der Waals surface area contributed by atoms with E-state index in [1.165, 1.54) is 6.07 Å². The predicted octanol–water partition coefficient (Wildman–Crippen LogP) is 2.82. The number of anilines is 1. The van der Waals surface area contributed by atoms with Crippen molar-refractivity contribution < 1.29 is 14.8 Å². The second-order valence-corrected chi connectivity index (χ2v) is 4.63. The van der Waals surface area contributed by atoms with Crippen molar-refractivity contribution in [2.75, 3.05) is 11.9 Å². The zero-order chi connectivity index (χ0) is 14.4. The number of rotatable bonds is 7. The van der Waals surface area contributed by atoms with Crippen LogP contribution in [0.5, 0.6) is 0 Å². The predicted molar refractivity (Wildman–Crippen MR) is 72.4 cm³/mol. The van der Waals surface area contributed by atoms with Crippen LogP contribution in [0.3, 0.4) is 0 Å². The highest BCUT2D eigenvalue weighted by atomic mass is 16.6. The quantitative estimate of drug-likeness (QED) is 0.584. The molecule has 0 saturated heterocycles. The molecule has 1 atom stereocenters. The van der Waals surface area contributed by atoms with E-state index in [0.29, 0.717) is 18.5 Å². The van der Waals surface area contributed by atoms with Crippen molar-refractivity contribution in [3.05, 3.63) is 33.9 Å². The lowest BCUT2D eigenvalue weighted by molar-refractivity contribution is -0.385. The smallest absolute Gasteiger partial charge is 0.303 e. The monoisotopic (exact) mass is 266 g/mol. The summed E-state index contributed by atoms with van der Waals surface area (Å²) in [6, 6.07) is 4.88. The molecular weight excluding hydrogens is 248 g/mol. The summed E-state index contributed by atoms with van der Waals surface area (Å²) < 4.78 is 0. The zero-order valence-corrected chi connectivity index (χ0v) is 11.0. The third-order valence-corrected chi connectivity index (χ3v) is 2.99. The maximum Gasteiger partial charge on any atom is 0.303 e. The summed E-state index contributed by atoms with van der Waals surface area (Å²) in [5.74, 6) is -0.617. The van der Waals surface area contributed by atoms with Crippen molar-refractivity contribution in [3.63, 3.8) is 0 Å². The molecule has 6 heteroatoms. The minimum absolute atomic E-state index is 0.0863. The van der Waals surface area contributed by atoms with Gasteiger partial charge in [-0.15, -0.1) is 0 Å². The van der Waals surface area contributed by atoms with E-state index in [9.17, 15) is 14.9 Å². The van der Waals surface area contributed by atoms with E-state index in [-0.39, 0.29) is 18.0 Å². The molecule has 0 aliphatic rings. The third-order valence-electron chi connectivity index (χ3n) is 2.99. The number of hydrogen-bond acceptors (Lipinski definition) is 4. The molecule has 104 valence electrons. The Morgan fingerprint density at radius 2 is 2.21 bits per heavy atom. The van der Waals surface area contributed by atoms with Gasteiger partial charge in [-0.25, -0.2) is 0 Å². The standard InChI is InChI=1S/C13H18N2O4/c1-9(6-7-13(16)17)8-14-11-4-3-5-12(10(11)2)15(18)19/h3-5,9,14H,6-8H2,1-2H3,(H,16,17). The van der Waals surface area contributed by atoms with Gasteiger partial charge in [-0.05, 0) is 25.3 Å². The van der Waals surface area contributed by atoms with Crippen molar-refractivity contribution in [1.82, 2.24) is 0 Å². The van der Waals surface area contributed by atoms with Crippen LogP contribution < -0.4 is 5.32 Å². The minimum atomic E-state index is -0.807. The molecule has 1 aromatic rings. The number of benzene rings is 1. The van der Waals surface area contributed by atoms with Gasteiger partial charge in [-0.2, -0.15) is 0 Å². The molecule has 0 fully saturated rings. The minimum Gasteiger partial charge on any atom is -0.481 e. The Hall–Kier alpha value is -2.11. The number of nitrogens with zero attached hydrogens (tertiary/aromatic N) is 1. The topological polar surface area (TPSA) is 92.5 Å². The summed E-state index contributed by atoms with van der Waals surface area (Å²) >= 11 is 0. The summed E-state index contributed by atoms with van der Waals surface area (Å²) in [6.07, 6.45) is 0.715. The maximum atomic E-state index is 10.8. The molecule has 0 saturated carbocycles. The number of nitrogens with one attached hydrogen (secondary N) is 1. The van der Waals surface area contributed by atoms with Crippen LogP contribution >= 0.6 is 0 Å². The van der Waals surface area contributed by atoms with Crippen LogP contribution in [-0.2, 0) is 4.79 Å². The molecule has 1 unspecified atom stereocenters. The number of hydrogen-bond donors (Lipinski definition) is 2. The highest BCUT2D eigenvalue weighted by molar-refractivity contribution is 5.66. The van der Waals surface area contributed by atoms with Gasteiger partial charge in [0.2, 0.25) is 0 Å². The SMILES string of the molecule is Cc1c(NCC(C)CCC(=O)O)cccc1[N+](=O)[O-]. The number of carboxylic acid groups (broad SMARTS) is 1. The summed E-state index contributed by atoms with van der Waals surface area (Å²) in [7, 11) is 0. The second-order valence-electron chi connectivity index (χ2n) is 4.63. The Morgan fingerprint density at radius 1 is 1.53 bits per heavy atom. The summed E-state index contributed by atoms with van der Waals surface area (Å²) in [4.78, 5) is 20.9.